The number of hydrogen-bond donors (Lipinski definition) is 0. The fourth-order valence-electron chi connectivity index (χ4n) is 6.69. The van der Waals surface area contributed by atoms with Crippen molar-refractivity contribution in [2.75, 3.05) is 0 Å². The van der Waals surface area contributed by atoms with Gasteiger partial charge in [0.25, 0.3) is 0 Å². The van der Waals surface area contributed by atoms with Crippen molar-refractivity contribution in [2.24, 2.45) is 35.5 Å². The molecule has 3 saturated carbocycles. The van der Waals surface area contributed by atoms with Crippen molar-refractivity contribution in [2.45, 2.75) is 109 Å². The van der Waals surface area contributed by atoms with Gasteiger partial charge in [-0.3, -0.25) is 0 Å². The molecule has 0 atom stereocenters. The highest BCUT2D eigenvalue weighted by molar-refractivity contribution is 5.10. The number of rotatable bonds is 6. The van der Waals surface area contributed by atoms with Crippen LogP contribution in [0.4, 0.5) is 22.0 Å². The maximum atomic E-state index is 13.9. The molecule has 0 saturated heterocycles. The van der Waals surface area contributed by atoms with E-state index in [2.05, 4.69) is 6.92 Å². The maximum Gasteiger partial charge on any atom is 0.445 e. The van der Waals surface area contributed by atoms with E-state index in [1.807, 2.05) is 0 Å². The minimum absolute atomic E-state index is 0.349. The molecule has 0 N–H and O–H groups in total. The van der Waals surface area contributed by atoms with Crippen LogP contribution in [-0.2, 0) is 0 Å². The van der Waals surface area contributed by atoms with Crippen LogP contribution in [0.2, 0.25) is 0 Å². The van der Waals surface area contributed by atoms with E-state index in [9.17, 15) is 22.0 Å². The molecule has 5 heteroatoms. The first-order valence-electron chi connectivity index (χ1n) is 12.4. The van der Waals surface area contributed by atoms with E-state index < -0.39 is 23.7 Å². The zero-order valence-electron chi connectivity index (χ0n) is 18.5. The van der Waals surface area contributed by atoms with Crippen LogP contribution in [0.25, 0.3) is 0 Å². The Kier molecular flexibility index (Phi) is 8.66. The Hall–Kier alpha value is -0.610. The summed E-state index contributed by atoms with van der Waals surface area (Å²) in [4.78, 5) is 0. The number of allylic oxidation sites excluding steroid dienone is 2. The minimum Gasteiger partial charge on any atom is -0.208 e. The fraction of sp³-hybridized carbons (Fsp3) is 0.920. The molecule has 0 aliphatic heterocycles. The topological polar surface area (TPSA) is 0 Å². The van der Waals surface area contributed by atoms with Gasteiger partial charge in [-0.05, 0) is 93.8 Å². The van der Waals surface area contributed by atoms with Gasteiger partial charge >= 0.3 is 6.18 Å². The van der Waals surface area contributed by atoms with Crippen LogP contribution >= 0.6 is 0 Å². The number of alkyl halides is 3. The van der Waals surface area contributed by atoms with Crippen LogP contribution in [0.1, 0.15) is 103 Å². The molecule has 3 aliphatic carbocycles. The van der Waals surface area contributed by atoms with Gasteiger partial charge in [0.05, 0.1) is 0 Å². The zero-order chi connectivity index (χ0) is 21.7. The summed E-state index contributed by atoms with van der Waals surface area (Å²) in [6, 6.07) is 0. The van der Waals surface area contributed by atoms with Gasteiger partial charge in [0, 0.05) is 5.92 Å². The summed E-state index contributed by atoms with van der Waals surface area (Å²) < 4.78 is 64.4. The predicted molar refractivity (Wildman–Crippen MR) is 111 cm³/mol. The Balaban J connectivity index is 1.39. The van der Waals surface area contributed by atoms with Gasteiger partial charge in [-0.25, -0.2) is 4.39 Å². The van der Waals surface area contributed by atoms with E-state index in [1.54, 1.807) is 0 Å². The summed E-state index contributed by atoms with van der Waals surface area (Å²) in [6.07, 6.45) is 11.6. The monoisotopic (exact) mass is 434 g/mol. The predicted octanol–water partition coefficient (Wildman–Crippen LogP) is 9.31. The van der Waals surface area contributed by atoms with Crippen molar-refractivity contribution in [3.05, 3.63) is 11.7 Å². The first-order valence-corrected chi connectivity index (χ1v) is 12.4. The molecule has 3 rings (SSSR count). The van der Waals surface area contributed by atoms with E-state index in [0.717, 1.165) is 30.6 Å². The Labute approximate surface area is 179 Å². The molecule has 3 fully saturated rings. The Morgan fingerprint density at radius 2 is 1.07 bits per heavy atom. The molecule has 0 bridgehead atoms. The second-order valence-electron chi connectivity index (χ2n) is 10.4. The van der Waals surface area contributed by atoms with Crippen LogP contribution in [0, 0.1) is 35.5 Å². The first-order chi connectivity index (χ1) is 14.3. The molecule has 0 heterocycles. The SMILES string of the molecule is CCCCC1CCC(C2CCC(C3CCC(C(F)=C(F)C(F)(F)F)CC3)CC2)CC1. The van der Waals surface area contributed by atoms with E-state index in [0.29, 0.717) is 24.7 Å². The second kappa shape index (κ2) is 10.8. The van der Waals surface area contributed by atoms with E-state index in [4.69, 9.17) is 0 Å². The smallest absolute Gasteiger partial charge is 0.208 e. The quantitative estimate of drug-likeness (QED) is 0.365. The van der Waals surface area contributed by atoms with Gasteiger partial charge < -0.3 is 0 Å². The third-order valence-corrected chi connectivity index (χ3v) is 8.60. The summed E-state index contributed by atoms with van der Waals surface area (Å²) in [5, 5.41) is 0. The van der Waals surface area contributed by atoms with E-state index in [-0.39, 0.29) is 0 Å². The van der Waals surface area contributed by atoms with Crippen molar-refractivity contribution in [3.63, 3.8) is 0 Å². The average molecular weight is 435 g/mol. The largest absolute Gasteiger partial charge is 0.445 e. The van der Waals surface area contributed by atoms with Gasteiger partial charge in [-0.2, -0.15) is 17.6 Å². The first kappa shape index (κ1) is 24.0. The summed E-state index contributed by atoms with van der Waals surface area (Å²) in [5.41, 5.74) is 0. The van der Waals surface area contributed by atoms with Gasteiger partial charge in [0.15, 0.2) is 0 Å². The summed E-state index contributed by atoms with van der Waals surface area (Å²) >= 11 is 0. The van der Waals surface area contributed by atoms with Gasteiger partial charge in [0.2, 0.25) is 5.83 Å². The van der Waals surface area contributed by atoms with Crippen LogP contribution in [-0.4, -0.2) is 6.18 Å². The molecular formula is C25H39F5. The van der Waals surface area contributed by atoms with Crippen molar-refractivity contribution >= 4 is 0 Å². The number of halogens is 5. The van der Waals surface area contributed by atoms with Crippen LogP contribution in [0.15, 0.2) is 11.7 Å². The lowest BCUT2D eigenvalue weighted by molar-refractivity contribution is -0.112. The molecule has 0 amide bonds. The molecule has 0 aromatic carbocycles. The zero-order valence-corrected chi connectivity index (χ0v) is 18.5. The number of unbranched alkanes of at least 4 members (excludes halogenated alkanes) is 1. The molecule has 0 spiro atoms. The highest BCUT2D eigenvalue weighted by Crippen LogP contribution is 2.47. The van der Waals surface area contributed by atoms with Crippen molar-refractivity contribution in [1.29, 1.82) is 0 Å². The number of hydrogen-bond acceptors (Lipinski definition) is 0. The Morgan fingerprint density at radius 1 is 0.667 bits per heavy atom. The standard InChI is InChI=1S/C25H39F5/c1-2-3-4-17-5-7-18(8-6-17)19-9-11-20(12-10-19)21-13-15-22(16-14-21)23(26)24(27)25(28,29)30/h17-22H,2-16H2,1H3. The van der Waals surface area contributed by atoms with Crippen molar-refractivity contribution < 1.29 is 22.0 Å². The molecule has 0 nitrogen and oxygen atoms in total. The molecule has 0 unspecified atom stereocenters. The van der Waals surface area contributed by atoms with Crippen LogP contribution in [0.5, 0.6) is 0 Å². The summed E-state index contributed by atoms with van der Waals surface area (Å²) in [7, 11) is 0. The van der Waals surface area contributed by atoms with Crippen LogP contribution in [0.3, 0.4) is 0 Å². The van der Waals surface area contributed by atoms with E-state index in [1.165, 1.54) is 70.6 Å². The van der Waals surface area contributed by atoms with Gasteiger partial charge in [0.1, 0.15) is 5.83 Å². The summed E-state index contributed by atoms with van der Waals surface area (Å²) in [5.74, 6) is -1.17. The molecule has 174 valence electrons. The lowest BCUT2D eigenvalue weighted by Gasteiger charge is -2.41. The Morgan fingerprint density at radius 3 is 1.47 bits per heavy atom. The normalized spacial score (nSPS) is 37.0. The molecule has 0 aromatic rings. The molecule has 0 aromatic heterocycles. The molecule has 0 radical (unpaired) electrons. The Bertz CT molecular complexity index is 542. The second-order valence-corrected chi connectivity index (χ2v) is 10.4. The van der Waals surface area contributed by atoms with E-state index >= 15 is 0 Å². The van der Waals surface area contributed by atoms with Crippen molar-refractivity contribution in [3.8, 4) is 0 Å². The summed E-state index contributed by atoms with van der Waals surface area (Å²) in [6.45, 7) is 2.27. The third-order valence-electron chi connectivity index (χ3n) is 8.60. The molecule has 30 heavy (non-hydrogen) atoms. The van der Waals surface area contributed by atoms with Gasteiger partial charge in [-0.1, -0.05) is 39.0 Å². The van der Waals surface area contributed by atoms with Gasteiger partial charge in [-0.15, -0.1) is 0 Å². The molecule has 3 aliphatic rings. The average Bonchev–Trinajstić information content (AvgIpc) is 2.76. The fourth-order valence-corrected chi connectivity index (χ4v) is 6.69. The minimum atomic E-state index is -5.20. The lowest BCUT2D eigenvalue weighted by Crippen LogP contribution is -2.30. The lowest BCUT2D eigenvalue weighted by atomic mass is 9.65. The van der Waals surface area contributed by atoms with Crippen molar-refractivity contribution in [1.82, 2.24) is 0 Å². The highest BCUT2D eigenvalue weighted by atomic mass is 19.4. The highest BCUT2D eigenvalue weighted by Gasteiger charge is 2.41. The molecular weight excluding hydrogens is 395 g/mol. The van der Waals surface area contributed by atoms with Crippen LogP contribution < -0.4 is 0 Å². The third kappa shape index (κ3) is 6.22. The maximum absolute atomic E-state index is 13.9.